The number of hydrogen-bond acceptors (Lipinski definition) is 4. The van der Waals surface area contributed by atoms with Crippen molar-refractivity contribution in [1.29, 1.82) is 0 Å². The first-order valence-electron chi connectivity index (χ1n) is 6.97. The Morgan fingerprint density at radius 2 is 1.80 bits per heavy atom. The van der Waals surface area contributed by atoms with Crippen LogP contribution in [-0.2, 0) is 0 Å². The smallest absolute Gasteiger partial charge is 0.346 e. The molecule has 1 aromatic carbocycles. The third-order valence-electron chi connectivity index (χ3n) is 3.00. The Morgan fingerprint density at radius 3 is 2.35 bits per heavy atom. The van der Waals surface area contributed by atoms with E-state index in [9.17, 15) is 9.59 Å². The molecule has 0 aliphatic heterocycles. The molecule has 0 aliphatic carbocycles. The molecule has 2 aromatic rings. The zero-order valence-corrected chi connectivity index (χ0v) is 12.5. The molecule has 4 nitrogen and oxygen atoms in total. The zero-order valence-electron chi connectivity index (χ0n) is 12.5. The van der Waals surface area contributed by atoms with E-state index in [0.29, 0.717) is 11.9 Å². The summed E-state index contributed by atoms with van der Waals surface area (Å²) in [4.78, 5) is 24.3. The molecule has 0 amide bonds. The van der Waals surface area contributed by atoms with Crippen molar-refractivity contribution in [2.45, 2.75) is 27.7 Å². The molecule has 0 fully saturated rings. The minimum absolute atomic E-state index is 0.0538. The normalized spacial score (nSPS) is 9.80. The van der Waals surface area contributed by atoms with Gasteiger partial charge in [0, 0.05) is 30.2 Å². The van der Waals surface area contributed by atoms with Crippen LogP contribution in [0, 0.1) is 0 Å². The summed E-state index contributed by atoms with van der Waals surface area (Å²) in [6, 6.07) is 7.21. The number of fused-ring (bicyclic) bond motifs is 1. The van der Waals surface area contributed by atoms with Crippen LogP contribution in [-0.4, -0.2) is 19.4 Å². The standard InChI is InChI=1S/C14H15NO3.C2H6/c1-3-15(4-2)12-6-5-10-7-11(9-16)14(17)18-13(10)8-12;1-2/h5-9H,3-4H2,1-2H3;1-2H3. The van der Waals surface area contributed by atoms with Crippen LogP contribution in [0.5, 0.6) is 0 Å². The average molecular weight is 275 g/mol. The fraction of sp³-hybridized carbons (Fsp3) is 0.375. The lowest BCUT2D eigenvalue weighted by molar-refractivity contribution is 0.112. The summed E-state index contributed by atoms with van der Waals surface area (Å²) in [6.07, 6.45) is 0.517. The summed E-state index contributed by atoms with van der Waals surface area (Å²) in [6.45, 7) is 9.91. The number of benzene rings is 1. The zero-order chi connectivity index (χ0) is 15.1. The third-order valence-corrected chi connectivity index (χ3v) is 3.00. The van der Waals surface area contributed by atoms with Crippen molar-refractivity contribution in [3.63, 3.8) is 0 Å². The molecule has 0 radical (unpaired) electrons. The Balaban J connectivity index is 0.000000956. The molecule has 108 valence electrons. The summed E-state index contributed by atoms with van der Waals surface area (Å²) >= 11 is 0. The Labute approximate surface area is 119 Å². The second-order valence-electron chi connectivity index (χ2n) is 4.00. The fourth-order valence-electron chi connectivity index (χ4n) is 1.98. The van der Waals surface area contributed by atoms with Crippen molar-refractivity contribution >= 4 is 22.9 Å². The van der Waals surface area contributed by atoms with Gasteiger partial charge in [-0.3, -0.25) is 4.79 Å². The molecule has 0 saturated heterocycles. The molecule has 1 aromatic heterocycles. The number of carbonyl (C=O) groups is 1. The number of rotatable bonds is 4. The van der Waals surface area contributed by atoms with Gasteiger partial charge in [-0.15, -0.1) is 0 Å². The summed E-state index contributed by atoms with van der Waals surface area (Å²) in [5, 5.41) is 0.757. The maximum atomic E-state index is 11.5. The van der Waals surface area contributed by atoms with Gasteiger partial charge in [0.2, 0.25) is 0 Å². The molecule has 0 bridgehead atoms. The molecule has 1 heterocycles. The molecule has 0 aliphatic rings. The van der Waals surface area contributed by atoms with Crippen molar-refractivity contribution in [2.75, 3.05) is 18.0 Å². The monoisotopic (exact) mass is 275 g/mol. The van der Waals surface area contributed by atoms with Gasteiger partial charge >= 0.3 is 5.63 Å². The number of nitrogens with zero attached hydrogens (tertiary/aromatic N) is 1. The Morgan fingerprint density at radius 1 is 1.15 bits per heavy atom. The Bertz CT molecular complexity index is 627. The van der Waals surface area contributed by atoms with Crippen LogP contribution >= 0.6 is 0 Å². The van der Waals surface area contributed by atoms with Crippen molar-refractivity contribution in [1.82, 2.24) is 0 Å². The number of hydrogen-bond donors (Lipinski definition) is 0. The SMILES string of the molecule is CC.CCN(CC)c1ccc2cc(C=O)c(=O)oc2c1. The first-order chi connectivity index (χ1) is 9.69. The minimum atomic E-state index is -0.589. The number of anilines is 1. The lowest BCUT2D eigenvalue weighted by Gasteiger charge is -2.20. The highest BCUT2D eigenvalue weighted by atomic mass is 16.4. The van der Waals surface area contributed by atoms with Gasteiger partial charge in [0.05, 0.1) is 0 Å². The average Bonchev–Trinajstić information content (AvgIpc) is 2.49. The quantitative estimate of drug-likeness (QED) is 0.633. The Hall–Kier alpha value is -2.10. The predicted molar refractivity (Wildman–Crippen MR) is 82.8 cm³/mol. The molecular formula is C16H21NO3. The van der Waals surface area contributed by atoms with Crippen LogP contribution < -0.4 is 10.5 Å². The largest absolute Gasteiger partial charge is 0.422 e. The second kappa shape index (κ2) is 7.48. The van der Waals surface area contributed by atoms with Crippen molar-refractivity contribution in [3.05, 3.63) is 40.2 Å². The molecular weight excluding hydrogens is 254 g/mol. The van der Waals surface area contributed by atoms with Crippen LogP contribution in [0.1, 0.15) is 38.1 Å². The minimum Gasteiger partial charge on any atom is -0.422 e. The van der Waals surface area contributed by atoms with E-state index < -0.39 is 5.63 Å². The van der Waals surface area contributed by atoms with E-state index in [1.54, 1.807) is 6.07 Å². The van der Waals surface area contributed by atoms with Crippen molar-refractivity contribution in [2.24, 2.45) is 0 Å². The van der Waals surface area contributed by atoms with Gasteiger partial charge < -0.3 is 9.32 Å². The molecule has 0 N–H and O–H groups in total. The maximum Gasteiger partial charge on any atom is 0.346 e. The summed E-state index contributed by atoms with van der Waals surface area (Å²) in [7, 11) is 0. The summed E-state index contributed by atoms with van der Waals surface area (Å²) < 4.78 is 5.15. The number of carbonyl (C=O) groups excluding carboxylic acids is 1. The van der Waals surface area contributed by atoms with Gasteiger partial charge in [0.1, 0.15) is 11.1 Å². The fourth-order valence-corrected chi connectivity index (χ4v) is 1.98. The van der Waals surface area contributed by atoms with Crippen molar-refractivity contribution < 1.29 is 9.21 Å². The van der Waals surface area contributed by atoms with Gasteiger partial charge in [-0.1, -0.05) is 13.8 Å². The van der Waals surface area contributed by atoms with Gasteiger partial charge in [0.15, 0.2) is 6.29 Å². The second-order valence-corrected chi connectivity index (χ2v) is 4.00. The Kier molecular flexibility index (Phi) is 5.97. The molecule has 0 unspecified atom stereocenters. The van der Waals surface area contributed by atoms with E-state index in [2.05, 4.69) is 18.7 Å². The van der Waals surface area contributed by atoms with Gasteiger partial charge in [-0.2, -0.15) is 0 Å². The molecule has 0 spiro atoms. The maximum absolute atomic E-state index is 11.5. The van der Waals surface area contributed by atoms with Gasteiger partial charge in [-0.05, 0) is 32.0 Å². The van der Waals surface area contributed by atoms with Crippen LogP contribution in [0.4, 0.5) is 5.69 Å². The van der Waals surface area contributed by atoms with Crippen LogP contribution in [0.15, 0.2) is 33.5 Å². The lowest BCUT2D eigenvalue weighted by Crippen LogP contribution is -2.21. The topological polar surface area (TPSA) is 50.5 Å². The lowest BCUT2D eigenvalue weighted by atomic mass is 10.1. The van der Waals surface area contributed by atoms with Crippen molar-refractivity contribution in [3.8, 4) is 0 Å². The first kappa shape index (κ1) is 16.0. The molecule has 4 heteroatoms. The van der Waals surface area contributed by atoms with E-state index in [0.717, 1.165) is 24.2 Å². The van der Waals surface area contributed by atoms with E-state index in [-0.39, 0.29) is 5.56 Å². The molecule has 2 rings (SSSR count). The summed E-state index contributed by atoms with van der Waals surface area (Å²) in [5.41, 5.74) is 0.983. The highest BCUT2D eigenvalue weighted by molar-refractivity contribution is 5.86. The molecule has 20 heavy (non-hydrogen) atoms. The van der Waals surface area contributed by atoms with Crippen LogP contribution in [0.3, 0.4) is 0 Å². The molecule has 0 atom stereocenters. The van der Waals surface area contributed by atoms with E-state index in [1.807, 2.05) is 32.0 Å². The first-order valence-corrected chi connectivity index (χ1v) is 6.97. The van der Waals surface area contributed by atoms with E-state index in [4.69, 9.17) is 4.42 Å². The van der Waals surface area contributed by atoms with Gasteiger partial charge in [-0.25, -0.2) is 4.79 Å². The highest BCUT2D eigenvalue weighted by Crippen LogP contribution is 2.21. The van der Waals surface area contributed by atoms with E-state index >= 15 is 0 Å². The third kappa shape index (κ3) is 3.26. The summed E-state index contributed by atoms with van der Waals surface area (Å²) in [5.74, 6) is 0. The van der Waals surface area contributed by atoms with Gasteiger partial charge in [0.25, 0.3) is 0 Å². The highest BCUT2D eigenvalue weighted by Gasteiger charge is 2.07. The van der Waals surface area contributed by atoms with Crippen LogP contribution in [0.25, 0.3) is 11.0 Å². The van der Waals surface area contributed by atoms with E-state index in [1.165, 1.54) is 0 Å². The molecule has 0 saturated carbocycles. The predicted octanol–water partition coefficient (Wildman–Crippen LogP) is 3.48. The van der Waals surface area contributed by atoms with Crippen LogP contribution in [0.2, 0.25) is 0 Å². The number of aldehydes is 1.